The number of furan rings is 1. The van der Waals surface area contributed by atoms with E-state index in [0.29, 0.717) is 24.4 Å². The van der Waals surface area contributed by atoms with Crippen LogP contribution in [0.3, 0.4) is 0 Å². The summed E-state index contributed by atoms with van der Waals surface area (Å²) in [6.45, 7) is 6.89. The van der Waals surface area contributed by atoms with Crippen LogP contribution in [0, 0.1) is 19.8 Å². The van der Waals surface area contributed by atoms with Crippen LogP contribution in [0.4, 0.5) is 0 Å². The van der Waals surface area contributed by atoms with Crippen molar-refractivity contribution in [1.82, 2.24) is 15.1 Å². The van der Waals surface area contributed by atoms with Crippen LogP contribution in [0.2, 0.25) is 0 Å². The van der Waals surface area contributed by atoms with Crippen molar-refractivity contribution in [2.45, 2.75) is 59.0 Å². The van der Waals surface area contributed by atoms with Crippen molar-refractivity contribution in [3.8, 4) is 11.5 Å². The number of nitrogens with zero attached hydrogens (tertiary/aromatic N) is 3. The van der Waals surface area contributed by atoms with E-state index in [9.17, 15) is 0 Å². The molecule has 1 saturated carbocycles. The zero-order chi connectivity index (χ0) is 15.7. The molecular formula is C17H25N3O2. The Bertz CT molecular complexity index is 632. The summed E-state index contributed by atoms with van der Waals surface area (Å²) in [4.78, 5) is 2.36. The number of aryl methyl sites for hydroxylation is 2. The average Bonchev–Trinajstić information content (AvgIpc) is 3.05. The Hall–Kier alpha value is -1.62. The normalized spacial score (nSPS) is 22.4. The molecule has 0 spiro atoms. The number of hydrogen-bond donors (Lipinski definition) is 0. The second-order valence-corrected chi connectivity index (χ2v) is 6.57. The minimum atomic E-state index is 0.550. The third-order valence-corrected chi connectivity index (χ3v) is 4.76. The van der Waals surface area contributed by atoms with E-state index in [0.717, 1.165) is 23.0 Å². The summed E-state index contributed by atoms with van der Waals surface area (Å²) in [7, 11) is 2.16. The zero-order valence-electron chi connectivity index (χ0n) is 13.9. The highest BCUT2D eigenvalue weighted by Crippen LogP contribution is 2.29. The summed E-state index contributed by atoms with van der Waals surface area (Å²) < 4.78 is 11.4. The van der Waals surface area contributed by atoms with Gasteiger partial charge < -0.3 is 8.83 Å². The fraction of sp³-hybridized carbons (Fsp3) is 0.647. The standard InChI is InChI=1S/C17H25N3O2/c1-11-7-5-6-8-15(11)20(4)10-16-18-19-17(22-16)14-9-12(2)21-13(14)3/h9,11,15H,5-8,10H2,1-4H3/t11-,15-/m0/s1. The number of aromatic nitrogens is 2. The maximum Gasteiger partial charge on any atom is 0.251 e. The third kappa shape index (κ3) is 3.09. The van der Waals surface area contributed by atoms with Crippen molar-refractivity contribution in [3.63, 3.8) is 0 Å². The Morgan fingerprint density at radius 3 is 2.64 bits per heavy atom. The summed E-state index contributed by atoms with van der Waals surface area (Å²) in [5.41, 5.74) is 0.893. The van der Waals surface area contributed by atoms with Gasteiger partial charge in [0.15, 0.2) is 0 Å². The molecule has 1 fully saturated rings. The third-order valence-electron chi connectivity index (χ3n) is 4.76. The molecule has 120 valence electrons. The van der Waals surface area contributed by atoms with E-state index >= 15 is 0 Å². The van der Waals surface area contributed by atoms with E-state index in [-0.39, 0.29) is 0 Å². The molecule has 1 aliphatic rings. The van der Waals surface area contributed by atoms with Gasteiger partial charge in [-0.3, -0.25) is 4.90 Å². The van der Waals surface area contributed by atoms with Gasteiger partial charge in [-0.15, -0.1) is 10.2 Å². The van der Waals surface area contributed by atoms with E-state index in [1.54, 1.807) is 0 Å². The molecule has 2 aromatic heterocycles. The molecule has 22 heavy (non-hydrogen) atoms. The molecule has 2 heterocycles. The first-order valence-corrected chi connectivity index (χ1v) is 8.14. The molecule has 5 heteroatoms. The number of rotatable bonds is 4. The lowest BCUT2D eigenvalue weighted by Gasteiger charge is -2.35. The van der Waals surface area contributed by atoms with E-state index in [1.165, 1.54) is 25.7 Å². The molecule has 0 saturated heterocycles. The molecule has 1 aliphatic carbocycles. The van der Waals surface area contributed by atoms with Gasteiger partial charge >= 0.3 is 0 Å². The fourth-order valence-corrected chi connectivity index (χ4v) is 3.55. The predicted molar refractivity (Wildman–Crippen MR) is 84.4 cm³/mol. The van der Waals surface area contributed by atoms with Crippen LogP contribution < -0.4 is 0 Å². The topological polar surface area (TPSA) is 55.3 Å². The van der Waals surface area contributed by atoms with Crippen LogP contribution in [-0.4, -0.2) is 28.2 Å². The minimum absolute atomic E-state index is 0.550. The Labute approximate surface area is 131 Å². The molecule has 0 radical (unpaired) electrons. The average molecular weight is 303 g/mol. The summed E-state index contributed by atoms with van der Waals surface area (Å²) in [6.07, 6.45) is 5.26. The smallest absolute Gasteiger partial charge is 0.251 e. The van der Waals surface area contributed by atoms with Crippen LogP contribution in [0.25, 0.3) is 11.5 Å². The lowest BCUT2D eigenvalue weighted by atomic mass is 9.85. The molecule has 0 bridgehead atoms. The predicted octanol–water partition coefficient (Wildman–Crippen LogP) is 3.96. The summed E-state index contributed by atoms with van der Waals surface area (Å²) >= 11 is 0. The van der Waals surface area contributed by atoms with Gasteiger partial charge in [0.2, 0.25) is 5.89 Å². The zero-order valence-corrected chi connectivity index (χ0v) is 13.9. The fourth-order valence-electron chi connectivity index (χ4n) is 3.55. The molecule has 0 N–H and O–H groups in total. The van der Waals surface area contributed by atoms with Gasteiger partial charge in [0.25, 0.3) is 5.89 Å². The highest BCUT2D eigenvalue weighted by atomic mass is 16.4. The van der Waals surface area contributed by atoms with E-state index in [2.05, 4.69) is 29.1 Å². The molecule has 2 atom stereocenters. The van der Waals surface area contributed by atoms with Crippen LogP contribution in [0.5, 0.6) is 0 Å². The van der Waals surface area contributed by atoms with Gasteiger partial charge in [0, 0.05) is 6.04 Å². The van der Waals surface area contributed by atoms with Crippen molar-refractivity contribution in [2.24, 2.45) is 5.92 Å². The highest BCUT2D eigenvalue weighted by molar-refractivity contribution is 5.55. The summed E-state index contributed by atoms with van der Waals surface area (Å²) in [5, 5.41) is 8.38. The molecule has 0 aromatic carbocycles. The maximum absolute atomic E-state index is 5.84. The minimum Gasteiger partial charge on any atom is -0.466 e. The quantitative estimate of drug-likeness (QED) is 0.855. The summed E-state index contributed by atoms with van der Waals surface area (Å²) in [6, 6.07) is 2.56. The van der Waals surface area contributed by atoms with Crippen molar-refractivity contribution >= 4 is 0 Å². The Balaban J connectivity index is 1.70. The van der Waals surface area contributed by atoms with Gasteiger partial charge in [-0.25, -0.2) is 0 Å². The van der Waals surface area contributed by atoms with Crippen molar-refractivity contribution in [1.29, 1.82) is 0 Å². The first-order valence-electron chi connectivity index (χ1n) is 8.14. The van der Waals surface area contributed by atoms with Crippen molar-refractivity contribution < 1.29 is 8.83 Å². The molecule has 2 aromatic rings. The van der Waals surface area contributed by atoms with Gasteiger partial charge in [-0.2, -0.15) is 0 Å². The largest absolute Gasteiger partial charge is 0.466 e. The van der Waals surface area contributed by atoms with Crippen LogP contribution in [0.15, 0.2) is 14.9 Å². The molecule has 5 nitrogen and oxygen atoms in total. The van der Waals surface area contributed by atoms with Gasteiger partial charge in [0.05, 0.1) is 12.1 Å². The molecule has 0 amide bonds. The second-order valence-electron chi connectivity index (χ2n) is 6.57. The molecule has 0 unspecified atom stereocenters. The monoisotopic (exact) mass is 303 g/mol. The second kappa shape index (κ2) is 6.24. The highest BCUT2D eigenvalue weighted by Gasteiger charge is 2.26. The van der Waals surface area contributed by atoms with Gasteiger partial charge in [-0.05, 0) is 45.7 Å². The molecule has 0 aliphatic heterocycles. The van der Waals surface area contributed by atoms with Crippen molar-refractivity contribution in [2.75, 3.05) is 7.05 Å². The van der Waals surface area contributed by atoms with E-state index < -0.39 is 0 Å². The number of hydrogen-bond acceptors (Lipinski definition) is 5. The SMILES string of the molecule is Cc1cc(-c2nnc(CN(C)[C@H]3CCCC[C@@H]3C)o2)c(C)o1. The first-order chi connectivity index (χ1) is 10.5. The Morgan fingerprint density at radius 1 is 1.18 bits per heavy atom. The first kappa shape index (κ1) is 15.3. The van der Waals surface area contributed by atoms with E-state index in [4.69, 9.17) is 8.83 Å². The van der Waals surface area contributed by atoms with Crippen LogP contribution in [-0.2, 0) is 6.54 Å². The van der Waals surface area contributed by atoms with Crippen molar-refractivity contribution in [3.05, 3.63) is 23.5 Å². The van der Waals surface area contributed by atoms with Crippen LogP contribution in [0.1, 0.15) is 50.0 Å². The van der Waals surface area contributed by atoms with Gasteiger partial charge in [0.1, 0.15) is 11.5 Å². The molecular weight excluding hydrogens is 278 g/mol. The Morgan fingerprint density at radius 2 is 1.95 bits per heavy atom. The summed E-state index contributed by atoms with van der Waals surface area (Å²) in [5.74, 6) is 3.64. The van der Waals surface area contributed by atoms with E-state index in [1.807, 2.05) is 19.9 Å². The lowest BCUT2D eigenvalue weighted by Crippen LogP contribution is -2.38. The molecule has 3 rings (SSSR count). The maximum atomic E-state index is 5.84. The van der Waals surface area contributed by atoms with Crippen LogP contribution >= 0.6 is 0 Å². The lowest BCUT2D eigenvalue weighted by molar-refractivity contribution is 0.124. The van der Waals surface area contributed by atoms with Gasteiger partial charge in [-0.1, -0.05) is 19.8 Å². The Kier molecular flexibility index (Phi) is 4.34.